The van der Waals surface area contributed by atoms with E-state index in [0.29, 0.717) is 16.0 Å². The van der Waals surface area contributed by atoms with E-state index in [9.17, 15) is 9.18 Å². The van der Waals surface area contributed by atoms with Crippen LogP contribution in [0.25, 0.3) is 0 Å². The molecule has 2 aromatic rings. The molecule has 0 bridgehead atoms. The normalized spacial score (nSPS) is 10.6. The van der Waals surface area contributed by atoms with Crippen molar-refractivity contribution in [1.29, 1.82) is 5.41 Å². The number of ether oxygens (including phenoxy) is 1. The number of carbonyl (C=O) groups is 1. The number of benzene rings is 1. The topological polar surface area (TPSA) is 71.7 Å². The zero-order chi connectivity index (χ0) is 15.9. The molecule has 1 aromatic carbocycles. The third-order valence-electron chi connectivity index (χ3n) is 2.73. The largest absolute Gasteiger partial charge is 0.464 e. The molecule has 1 aromatic heterocycles. The Bertz CT molecular complexity index is 695. The molecule has 0 spiro atoms. The molecule has 22 heavy (non-hydrogen) atoms. The number of esters is 1. The molecule has 0 unspecified atom stereocenters. The summed E-state index contributed by atoms with van der Waals surface area (Å²) in [6.07, 6.45) is 1.46. The lowest BCUT2D eigenvalue weighted by Crippen LogP contribution is -2.15. The monoisotopic (exact) mass is 320 g/mol. The number of nitrogens with zero attached hydrogens (tertiary/aromatic N) is 1. The first-order valence-corrected chi connectivity index (χ1v) is 7.14. The van der Waals surface area contributed by atoms with Gasteiger partial charge in [-0.25, -0.2) is 9.18 Å². The molecule has 0 atom stereocenters. The molecular weight excluding hydrogens is 307 g/mol. The van der Waals surface area contributed by atoms with Gasteiger partial charge in [0.15, 0.2) is 5.71 Å². The van der Waals surface area contributed by atoms with Crippen LogP contribution < -0.4 is 0 Å². The number of halogens is 1. The average Bonchev–Trinajstić information content (AvgIpc) is 3.00. The Morgan fingerprint density at radius 3 is 2.77 bits per heavy atom. The first-order chi connectivity index (χ1) is 10.6. The number of hydrogen-bond acceptors (Lipinski definition) is 6. The third kappa shape index (κ3) is 3.98. The van der Waals surface area contributed by atoms with Gasteiger partial charge in [0.2, 0.25) is 0 Å². The number of hydrogen-bond donors (Lipinski definition) is 1. The average molecular weight is 320 g/mol. The number of oxime groups is 1. The van der Waals surface area contributed by atoms with E-state index in [2.05, 4.69) is 9.89 Å². The van der Waals surface area contributed by atoms with Crippen LogP contribution in [0.2, 0.25) is 0 Å². The van der Waals surface area contributed by atoms with Gasteiger partial charge in [0.05, 0.1) is 18.2 Å². The number of methoxy groups -OCH3 is 1. The van der Waals surface area contributed by atoms with Crippen LogP contribution in [0.4, 0.5) is 4.39 Å². The highest BCUT2D eigenvalue weighted by atomic mass is 32.1. The molecule has 0 aliphatic heterocycles. The van der Waals surface area contributed by atoms with E-state index in [1.807, 2.05) is 0 Å². The van der Waals surface area contributed by atoms with Crippen LogP contribution >= 0.6 is 11.3 Å². The maximum atomic E-state index is 12.7. The van der Waals surface area contributed by atoms with Gasteiger partial charge in [-0.15, -0.1) is 11.3 Å². The summed E-state index contributed by atoms with van der Waals surface area (Å²) in [7, 11) is 1.23. The van der Waals surface area contributed by atoms with Crippen molar-refractivity contribution in [2.45, 2.75) is 6.61 Å². The van der Waals surface area contributed by atoms with Crippen molar-refractivity contribution >= 4 is 29.2 Å². The smallest absolute Gasteiger partial charge is 0.357 e. The van der Waals surface area contributed by atoms with Gasteiger partial charge in [-0.3, -0.25) is 5.41 Å². The first-order valence-electron chi connectivity index (χ1n) is 6.26. The van der Waals surface area contributed by atoms with E-state index in [4.69, 9.17) is 10.2 Å². The van der Waals surface area contributed by atoms with Crippen LogP contribution in [-0.4, -0.2) is 25.0 Å². The van der Waals surface area contributed by atoms with Gasteiger partial charge in [0.1, 0.15) is 12.4 Å². The highest BCUT2D eigenvalue weighted by Crippen LogP contribution is 2.19. The van der Waals surface area contributed by atoms with Crippen molar-refractivity contribution in [2.75, 3.05) is 7.11 Å². The summed E-state index contributed by atoms with van der Waals surface area (Å²) >= 11 is 1.26. The molecule has 0 radical (unpaired) electrons. The Kier molecular flexibility index (Phi) is 5.37. The van der Waals surface area contributed by atoms with Gasteiger partial charge in [-0.2, -0.15) is 0 Å². The number of carbonyl (C=O) groups excluding carboxylic acids is 1. The van der Waals surface area contributed by atoms with Crippen molar-refractivity contribution in [3.8, 4) is 0 Å². The van der Waals surface area contributed by atoms with E-state index in [1.54, 1.807) is 23.6 Å². The third-order valence-corrected chi connectivity index (χ3v) is 3.70. The molecule has 7 heteroatoms. The van der Waals surface area contributed by atoms with Gasteiger partial charge in [-0.1, -0.05) is 17.3 Å². The van der Waals surface area contributed by atoms with Gasteiger partial charge in [0.25, 0.3) is 0 Å². The molecule has 0 fully saturated rings. The molecule has 0 amide bonds. The number of rotatable bonds is 6. The van der Waals surface area contributed by atoms with Crippen molar-refractivity contribution in [3.05, 3.63) is 57.5 Å². The summed E-state index contributed by atoms with van der Waals surface area (Å²) in [5.41, 5.74) is 1.17. The Morgan fingerprint density at radius 2 is 2.09 bits per heavy atom. The van der Waals surface area contributed by atoms with E-state index in [0.717, 1.165) is 0 Å². The Balaban J connectivity index is 1.95. The summed E-state index contributed by atoms with van der Waals surface area (Å²) in [6.45, 7) is 0.121. The molecule has 2 rings (SSSR count). The second-order valence-electron chi connectivity index (χ2n) is 4.20. The predicted octanol–water partition coefficient (Wildman–Crippen LogP) is 2.98. The molecule has 114 valence electrons. The Morgan fingerprint density at radius 1 is 1.36 bits per heavy atom. The summed E-state index contributed by atoms with van der Waals surface area (Å²) in [6, 6.07) is 7.56. The lowest BCUT2D eigenvalue weighted by atomic mass is 10.2. The summed E-state index contributed by atoms with van der Waals surface area (Å²) in [5.74, 6) is -1.01. The minimum Gasteiger partial charge on any atom is -0.464 e. The highest BCUT2D eigenvalue weighted by molar-refractivity contribution is 7.13. The number of nitrogens with one attached hydrogen (secondary N) is 1. The SMILES string of the molecule is COC(=O)C(=N)c1sccc1CON=Cc1ccc(F)cc1. The standard InChI is InChI=1S/C15H13FN2O3S/c1-20-15(19)13(17)14-11(6-7-22-14)9-21-18-8-10-2-4-12(16)5-3-10/h2-8,17H,9H2,1H3. The fraction of sp³-hybridized carbons (Fsp3) is 0.133. The Hall–Kier alpha value is -2.54. The quantitative estimate of drug-likeness (QED) is 0.505. The minimum atomic E-state index is -0.696. The van der Waals surface area contributed by atoms with Crippen LogP contribution in [-0.2, 0) is 21.0 Å². The van der Waals surface area contributed by atoms with E-state index in [1.165, 1.54) is 36.8 Å². The molecular formula is C15H13FN2O3S. The predicted molar refractivity (Wildman–Crippen MR) is 81.9 cm³/mol. The maximum Gasteiger partial charge on any atom is 0.357 e. The van der Waals surface area contributed by atoms with Crippen molar-refractivity contribution in [1.82, 2.24) is 0 Å². The zero-order valence-electron chi connectivity index (χ0n) is 11.7. The van der Waals surface area contributed by atoms with E-state index < -0.39 is 5.97 Å². The summed E-state index contributed by atoms with van der Waals surface area (Å²) in [4.78, 5) is 17.0. The minimum absolute atomic E-state index is 0.121. The molecule has 1 N–H and O–H groups in total. The van der Waals surface area contributed by atoms with E-state index in [-0.39, 0.29) is 18.1 Å². The molecule has 0 aliphatic carbocycles. The van der Waals surface area contributed by atoms with Crippen molar-refractivity contribution < 1.29 is 18.8 Å². The summed E-state index contributed by atoms with van der Waals surface area (Å²) < 4.78 is 17.3. The molecule has 0 saturated carbocycles. The van der Waals surface area contributed by atoms with E-state index >= 15 is 0 Å². The molecule has 5 nitrogen and oxygen atoms in total. The van der Waals surface area contributed by atoms with Crippen molar-refractivity contribution in [2.24, 2.45) is 5.16 Å². The molecule has 0 saturated heterocycles. The van der Waals surface area contributed by atoms with Crippen LogP contribution in [0.3, 0.4) is 0 Å². The van der Waals surface area contributed by atoms with Crippen molar-refractivity contribution in [3.63, 3.8) is 0 Å². The lowest BCUT2D eigenvalue weighted by Gasteiger charge is -2.03. The lowest BCUT2D eigenvalue weighted by molar-refractivity contribution is -0.132. The van der Waals surface area contributed by atoms with Gasteiger partial charge in [0, 0.05) is 5.56 Å². The fourth-order valence-electron chi connectivity index (χ4n) is 1.62. The van der Waals surface area contributed by atoms with Crippen LogP contribution in [0.1, 0.15) is 16.0 Å². The molecule has 0 aliphatic rings. The van der Waals surface area contributed by atoms with Crippen LogP contribution in [0.5, 0.6) is 0 Å². The second kappa shape index (κ2) is 7.46. The second-order valence-corrected chi connectivity index (χ2v) is 5.12. The summed E-state index contributed by atoms with van der Waals surface area (Å²) in [5, 5.41) is 13.3. The Labute approximate surface area is 130 Å². The maximum absolute atomic E-state index is 12.7. The zero-order valence-corrected chi connectivity index (χ0v) is 12.5. The molecule has 1 heterocycles. The number of thiophene rings is 1. The van der Waals surface area contributed by atoms with Gasteiger partial charge < -0.3 is 9.57 Å². The fourth-order valence-corrected chi connectivity index (χ4v) is 2.47. The van der Waals surface area contributed by atoms with Gasteiger partial charge >= 0.3 is 5.97 Å². The van der Waals surface area contributed by atoms with Gasteiger partial charge in [-0.05, 0) is 29.1 Å². The van der Waals surface area contributed by atoms with Crippen LogP contribution in [0, 0.1) is 11.2 Å². The highest BCUT2D eigenvalue weighted by Gasteiger charge is 2.17. The van der Waals surface area contributed by atoms with Crippen LogP contribution in [0.15, 0.2) is 40.9 Å². The first kappa shape index (κ1) is 15.8.